The van der Waals surface area contributed by atoms with Crippen molar-refractivity contribution in [1.29, 1.82) is 0 Å². The molecule has 25 heavy (non-hydrogen) atoms. The zero-order valence-electron chi connectivity index (χ0n) is 14.2. The summed E-state index contributed by atoms with van der Waals surface area (Å²) in [6, 6.07) is 10.2. The van der Waals surface area contributed by atoms with Crippen molar-refractivity contribution in [3.05, 3.63) is 52.7 Å². The molecule has 0 N–H and O–H groups in total. The van der Waals surface area contributed by atoms with Crippen LogP contribution in [0.25, 0.3) is 10.8 Å². The molecule has 1 saturated heterocycles. The van der Waals surface area contributed by atoms with Crippen molar-refractivity contribution in [1.82, 2.24) is 10.1 Å². The molecule has 1 aromatic carbocycles. The van der Waals surface area contributed by atoms with Crippen LogP contribution >= 0.6 is 11.3 Å². The van der Waals surface area contributed by atoms with E-state index in [0.717, 1.165) is 22.5 Å². The van der Waals surface area contributed by atoms with Gasteiger partial charge in [-0.15, -0.1) is 11.3 Å². The van der Waals surface area contributed by atoms with Crippen LogP contribution in [0.5, 0.6) is 0 Å². The number of anilines is 1. The van der Waals surface area contributed by atoms with Crippen LogP contribution in [0.4, 0.5) is 5.69 Å². The molecule has 2 aromatic heterocycles. The standard InChI is InChI=1S/C19H19N3O2S/c1-3-13-4-6-15(7-5-13)22-11-14(10-16(22)23)18-20-19(24-21-18)17-12(2)8-9-25-17/h4-9,14H,3,10-11H2,1-2H3/t14-/m1/s1. The van der Waals surface area contributed by atoms with Gasteiger partial charge < -0.3 is 9.42 Å². The molecule has 1 atom stereocenters. The van der Waals surface area contributed by atoms with Gasteiger partial charge in [0.25, 0.3) is 5.89 Å². The number of benzene rings is 1. The number of carbonyl (C=O) groups excluding carboxylic acids is 1. The van der Waals surface area contributed by atoms with Gasteiger partial charge >= 0.3 is 0 Å². The van der Waals surface area contributed by atoms with Gasteiger partial charge in [0.2, 0.25) is 5.91 Å². The third kappa shape index (κ3) is 2.98. The lowest BCUT2D eigenvalue weighted by atomic mass is 10.1. The minimum absolute atomic E-state index is 0.0314. The average molecular weight is 353 g/mol. The Labute approximate surface area is 150 Å². The highest BCUT2D eigenvalue weighted by atomic mass is 32.1. The minimum atomic E-state index is -0.0314. The number of aryl methyl sites for hydroxylation is 2. The first-order chi connectivity index (χ1) is 12.2. The van der Waals surface area contributed by atoms with Gasteiger partial charge in [-0.3, -0.25) is 4.79 Å². The molecule has 1 amide bonds. The Morgan fingerprint density at radius 3 is 2.76 bits per heavy atom. The van der Waals surface area contributed by atoms with E-state index in [9.17, 15) is 4.79 Å². The van der Waals surface area contributed by atoms with E-state index in [1.54, 1.807) is 11.3 Å². The molecule has 128 valence electrons. The number of nitrogens with zero attached hydrogens (tertiary/aromatic N) is 3. The second kappa shape index (κ2) is 6.44. The molecule has 0 saturated carbocycles. The van der Waals surface area contributed by atoms with Crippen molar-refractivity contribution in [3.8, 4) is 10.8 Å². The van der Waals surface area contributed by atoms with Gasteiger partial charge in [0.05, 0.1) is 4.88 Å². The van der Waals surface area contributed by atoms with Crippen molar-refractivity contribution in [2.45, 2.75) is 32.6 Å². The molecule has 3 aromatic rings. The van der Waals surface area contributed by atoms with Crippen molar-refractivity contribution >= 4 is 22.9 Å². The number of aromatic nitrogens is 2. The fourth-order valence-electron chi connectivity index (χ4n) is 3.13. The second-order valence-electron chi connectivity index (χ2n) is 6.32. The zero-order valence-corrected chi connectivity index (χ0v) is 15.0. The molecule has 1 aliphatic heterocycles. The fourth-order valence-corrected chi connectivity index (χ4v) is 3.97. The molecule has 4 rings (SSSR count). The minimum Gasteiger partial charge on any atom is -0.333 e. The summed E-state index contributed by atoms with van der Waals surface area (Å²) < 4.78 is 5.43. The van der Waals surface area contributed by atoms with Gasteiger partial charge in [-0.25, -0.2) is 0 Å². The number of thiophene rings is 1. The molecule has 0 unspecified atom stereocenters. The van der Waals surface area contributed by atoms with E-state index in [2.05, 4.69) is 29.2 Å². The Morgan fingerprint density at radius 1 is 1.28 bits per heavy atom. The van der Waals surface area contributed by atoms with Crippen LogP contribution in [-0.2, 0) is 11.2 Å². The highest BCUT2D eigenvalue weighted by Gasteiger charge is 2.34. The molecule has 1 fully saturated rings. The first kappa shape index (κ1) is 16.0. The van der Waals surface area contributed by atoms with Gasteiger partial charge in [-0.1, -0.05) is 24.2 Å². The summed E-state index contributed by atoms with van der Waals surface area (Å²) in [5.41, 5.74) is 3.32. The molecule has 0 spiro atoms. The van der Waals surface area contributed by atoms with Crippen molar-refractivity contribution < 1.29 is 9.32 Å². The van der Waals surface area contributed by atoms with Crippen LogP contribution in [0.15, 0.2) is 40.2 Å². The number of amides is 1. The third-order valence-electron chi connectivity index (χ3n) is 4.64. The normalized spacial score (nSPS) is 17.4. The summed E-state index contributed by atoms with van der Waals surface area (Å²) in [6.07, 6.45) is 1.41. The van der Waals surface area contributed by atoms with Crippen molar-refractivity contribution in [2.24, 2.45) is 0 Å². The predicted octanol–water partition coefficient (Wildman–Crippen LogP) is 4.19. The zero-order chi connectivity index (χ0) is 17.4. The van der Waals surface area contributed by atoms with E-state index in [4.69, 9.17) is 4.52 Å². The topological polar surface area (TPSA) is 59.2 Å². The van der Waals surface area contributed by atoms with Gasteiger partial charge in [-0.2, -0.15) is 4.98 Å². The average Bonchev–Trinajstić information content (AvgIpc) is 3.34. The highest BCUT2D eigenvalue weighted by molar-refractivity contribution is 7.13. The van der Waals surface area contributed by atoms with Crippen LogP contribution in [0.3, 0.4) is 0 Å². The summed E-state index contributed by atoms with van der Waals surface area (Å²) in [6.45, 7) is 4.73. The van der Waals surface area contributed by atoms with Gasteiger partial charge in [-0.05, 0) is 48.1 Å². The lowest BCUT2D eigenvalue weighted by Gasteiger charge is -2.16. The Kier molecular flexibility index (Phi) is 4.13. The fraction of sp³-hybridized carbons (Fsp3) is 0.316. The summed E-state index contributed by atoms with van der Waals surface area (Å²) in [5.74, 6) is 1.23. The molecule has 6 heteroatoms. The van der Waals surface area contributed by atoms with Gasteiger partial charge in [0, 0.05) is 24.6 Å². The summed E-state index contributed by atoms with van der Waals surface area (Å²) in [4.78, 5) is 19.8. The van der Waals surface area contributed by atoms with Crippen LogP contribution in [0, 0.1) is 6.92 Å². The summed E-state index contributed by atoms with van der Waals surface area (Å²) >= 11 is 1.59. The lowest BCUT2D eigenvalue weighted by molar-refractivity contribution is -0.117. The van der Waals surface area contributed by atoms with Gasteiger partial charge in [0.15, 0.2) is 5.82 Å². The maximum Gasteiger partial charge on any atom is 0.268 e. The molecule has 1 aliphatic rings. The van der Waals surface area contributed by atoms with E-state index in [-0.39, 0.29) is 11.8 Å². The largest absolute Gasteiger partial charge is 0.333 e. The van der Waals surface area contributed by atoms with Gasteiger partial charge in [0.1, 0.15) is 0 Å². The lowest BCUT2D eigenvalue weighted by Crippen LogP contribution is -2.24. The molecule has 3 heterocycles. The first-order valence-corrected chi connectivity index (χ1v) is 9.31. The SMILES string of the molecule is CCc1ccc(N2C[C@H](c3noc(-c4sccc4C)n3)CC2=O)cc1. The number of hydrogen-bond donors (Lipinski definition) is 0. The van der Waals surface area contributed by atoms with Crippen molar-refractivity contribution in [3.63, 3.8) is 0 Å². The molecule has 5 nitrogen and oxygen atoms in total. The van der Waals surface area contributed by atoms with E-state index < -0.39 is 0 Å². The van der Waals surface area contributed by atoms with Crippen molar-refractivity contribution in [2.75, 3.05) is 11.4 Å². The quantitative estimate of drug-likeness (QED) is 0.706. The first-order valence-electron chi connectivity index (χ1n) is 8.43. The Hall–Kier alpha value is -2.47. The Morgan fingerprint density at radius 2 is 2.08 bits per heavy atom. The third-order valence-corrected chi connectivity index (χ3v) is 5.65. The van der Waals surface area contributed by atoms with Crippen LogP contribution in [0.2, 0.25) is 0 Å². The monoisotopic (exact) mass is 353 g/mol. The van der Waals surface area contributed by atoms with E-state index >= 15 is 0 Å². The molecule has 0 radical (unpaired) electrons. The van der Waals surface area contributed by atoms with E-state index in [0.29, 0.717) is 24.7 Å². The molecular weight excluding hydrogens is 334 g/mol. The Bertz CT molecular complexity index is 898. The summed E-state index contributed by atoms with van der Waals surface area (Å²) in [7, 11) is 0. The second-order valence-corrected chi connectivity index (χ2v) is 7.23. The van der Waals surface area contributed by atoms with Crippen LogP contribution in [-0.4, -0.2) is 22.6 Å². The maximum absolute atomic E-state index is 12.4. The van der Waals surface area contributed by atoms with Crippen LogP contribution < -0.4 is 4.90 Å². The number of hydrogen-bond acceptors (Lipinski definition) is 5. The predicted molar refractivity (Wildman–Crippen MR) is 97.9 cm³/mol. The Balaban J connectivity index is 1.54. The maximum atomic E-state index is 12.4. The van der Waals surface area contributed by atoms with E-state index in [1.807, 2.05) is 35.4 Å². The smallest absolute Gasteiger partial charge is 0.268 e. The van der Waals surface area contributed by atoms with E-state index in [1.165, 1.54) is 5.56 Å². The molecule has 0 bridgehead atoms. The molecule has 0 aliphatic carbocycles. The number of rotatable bonds is 4. The number of carbonyl (C=O) groups is 1. The highest BCUT2D eigenvalue weighted by Crippen LogP contribution is 2.33. The molecular formula is C19H19N3O2S. The summed E-state index contributed by atoms with van der Waals surface area (Å²) in [5, 5.41) is 6.14. The van der Waals surface area contributed by atoms with Crippen LogP contribution in [0.1, 0.15) is 36.2 Å².